The fraction of sp³-hybridized carbons (Fsp3) is 0.381. The lowest BCUT2D eigenvalue weighted by Gasteiger charge is -2.21. The average molecular weight is 370 g/mol. The molecule has 1 atom stereocenters. The van der Waals surface area contributed by atoms with E-state index in [2.05, 4.69) is 30.8 Å². The minimum atomic E-state index is -0.872. The first kappa shape index (κ1) is 17.3. The van der Waals surface area contributed by atoms with Crippen LogP contribution in [0.5, 0.6) is 11.5 Å². The maximum absolute atomic E-state index is 10.9. The highest BCUT2D eigenvalue weighted by molar-refractivity contribution is 7.81. The fourth-order valence-corrected chi connectivity index (χ4v) is 3.86. The number of aliphatic carboxylic acids is 1. The van der Waals surface area contributed by atoms with Gasteiger partial charge in [-0.15, -0.1) is 0 Å². The van der Waals surface area contributed by atoms with Crippen LogP contribution in [-0.4, -0.2) is 22.1 Å². The first-order valence-corrected chi connectivity index (χ1v) is 9.59. The van der Waals surface area contributed by atoms with Crippen molar-refractivity contribution in [3.63, 3.8) is 0 Å². The zero-order chi connectivity index (χ0) is 18.1. The van der Waals surface area contributed by atoms with Crippen LogP contribution in [0, 0.1) is 0 Å². The predicted molar refractivity (Wildman–Crippen MR) is 103 cm³/mol. The highest BCUT2D eigenvalue weighted by Crippen LogP contribution is 2.50. The van der Waals surface area contributed by atoms with E-state index in [1.54, 1.807) is 0 Å². The van der Waals surface area contributed by atoms with Gasteiger partial charge in [0.05, 0.1) is 5.25 Å². The van der Waals surface area contributed by atoms with Crippen LogP contribution in [0.2, 0.25) is 0 Å². The molecule has 0 bridgehead atoms. The molecule has 2 aromatic carbocycles. The van der Waals surface area contributed by atoms with Gasteiger partial charge < -0.3 is 14.6 Å². The third-order valence-corrected chi connectivity index (χ3v) is 5.66. The number of ether oxygens (including phenoxy) is 2. The van der Waals surface area contributed by atoms with Crippen molar-refractivity contribution in [1.29, 1.82) is 0 Å². The molecule has 2 aromatic rings. The molecule has 0 radical (unpaired) electrons. The number of thiol groups is 1. The molecule has 1 heterocycles. The van der Waals surface area contributed by atoms with Gasteiger partial charge in [0.15, 0.2) is 11.5 Å². The Hall–Kier alpha value is -2.14. The molecule has 136 valence electrons. The summed E-state index contributed by atoms with van der Waals surface area (Å²) in [7, 11) is 0. The van der Waals surface area contributed by atoms with E-state index in [0.29, 0.717) is 12.8 Å². The number of hydrogen-bond acceptors (Lipinski definition) is 4. The SMILES string of the molecule is O=C(O)C(S)CCc1ccc(-c2cccc3c2OC2(CCCC2)O3)cc1. The van der Waals surface area contributed by atoms with Crippen LogP contribution < -0.4 is 9.47 Å². The molecule has 2 aliphatic rings. The Balaban J connectivity index is 1.53. The van der Waals surface area contributed by atoms with Crippen molar-refractivity contribution >= 4 is 18.6 Å². The van der Waals surface area contributed by atoms with Gasteiger partial charge in [0.1, 0.15) is 0 Å². The average Bonchev–Trinajstić information content (AvgIpc) is 3.25. The van der Waals surface area contributed by atoms with Gasteiger partial charge in [-0.1, -0.05) is 36.4 Å². The third-order valence-electron chi connectivity index (χ3n) is 5.18. The molecule has 5 heteroatoms. The monoisotopic (exact) mass is 370 g/mol. The van der Waals surface area contributed by atoms with E-state index in [9.17, 15) is 4.79 Å². The standard InChI is InChI=1S/C21H22O4S/c22-20(23)18(26)11-8-14-6-9-15(10-7-14)16-4-3-5-17-19(16)25-21(24-17)12-1-2-13-21/h3-7,9-10,18,26H,1-2,8,11-13H2,(H,22,23). The number of fused-ring (bicyclic) bond motifs is 1. The largest absolute Gasteiger partial charge is 0.480 e. The second kappa shape index (κ2) is 6.88. The Morgan fingerprint density at radius 1 is 1.12 bits per heavy atom. The highest BCUT2D eigenvalue weighted by Gasteiger charge is 2.44. The molecule has 0 amide bonds. The molecule has 0 saturated heterocycles. The van der Waals surface area contributed by atoms with Crippen LogP contribution >= 0.6 is 12.6 Å². The van der Waals surface area contributed by atoms with E-state index >= 15 is 0 Å². The maximum atomic E-state index is 10.9. The number of aryl methyl sites for hydroxylation is 1. The van der Waals surface area contributed by atoms with Crippen LogP contribution in [0.15, 0.2) is 42.5 Å². The van der Waals surface area contributed by atoms with E-state index in [0.717, 1.165) is 53.9 Å². The second-order valence-electron chi connectivity index (χ2n) is 7.04. The molecule has 4 nitrogen and oxygen atoms in total. The lowest BCUT2D eigenvalue weighted by molar-refractivity contribution is -0.136. The van der Waals surface area contributed by atoms with Crippen molar-refractivity contribution in [2.45, 2.75) is 49.6 Å². The van der Waals surface area contributed by atoms with E-state index < -0.39 is 17.0 Å². The number of para-hydroxylation sites is 1. The van der Waals surface area contributed by atoms with Crippen molar-refractivity contribution in [2.24, 2.45) is 0 Å². The smallest absolute Gasteiger partial charge is 0.316 e. The summed E-state index contributed by atoms with van der Waals surface area (Å²) in [6.45, 7) is 0. The van der Waals surface area contributed by atoms with E-state index in [1.807, 2.05) is 24.3 Å². The molecule has 1 aliphatic heterocycles. The number of hydrogen-bond donors (Lipinski definition) is 2. The van der Waals surface area contributed by atoms with Crippen molar-refractivity contribution in [1.82, 2.24) is 0 Å². The number of benzene rings is 2. The quantitative estimate of drug-likeness (QED) is 0.749. The van der Waals surface area contributed by atoms with Crippen molar-refractivity contribution in [3.05, 3.63) is 48.0 Å². The Kier molecular flexibility index (Phi) is 4.57. The summed E-state index contributed by atoms with van der Waals surface area (Å²) in [5.41, 5.74) is 3.21. The Bertz CT molecular complexity index is 809. The number of rotatable bonds is 5. The van der Waals surface area contributed by atoms with Crippen LogP contribution in [-0.2, 0) is 11.2 Å². The first-order chi connectivity index (χ1) is 12.6. The summed E-state index contributed by atoms with van der Waals surface area (Å²) in [5, 5.41) is 8.30. The fourth-order valence-electron chi connectivity index (χ4n) is 3.73. The molecule has 1 fully saturated rings. The molecular formula is C21H22O4S. The van der Waals surface area contributed by atoms with Gasteiger partial charge in [-0.3, -0.25) is 4.79 Å². The Labute approximate surface area is 158 Å². The van der Waals surface area contributed by atoms with Gasteiger partial charge >= 0.3 is 5.97 Å². The van der Waals surface area contributed by atoms with Gasteiger partial charge in [0, 0.05) is 18.4 Å². The lowest BCUT2D eigenvalue weighted by Crippen LogP contribution is -2.34. The van der Waals surface area contributed by atoms with Crippen LogP contribution in [0.25, 0.3) is 11.1 Å². The molecule has 1 N–H and O–H groups in total. The Morgan fingerprint density at radius 3 is 2.54 bits per heavy atom. The van der Waals surface area contributed by atoms with Gasteiger partial charge in [0.2, 0.25) is 0 Å². The van der Waals surface area contributed by atoms with E-state index in [4.69, 9.17) is 14.6 Å². The first-order valence-electron chi connectivity index (χ1n) is 9.08. The van der Waals surface area contributed by atoms with Gasteiger partial charge in [-0.25, -0.2) is 0 Å². The van der Waals surface area contributed by atoms with Crippen LogP contribution in [0.3, 0.4) is 0 Å². The summed E-state index contributed by atoms with van der Waals surface area (Å²) in [5.74, 6) is 0.329. The molecule has 4 rings (SSSR count). The topological polar surface area (TPSA) is 55.8 Å². The van der Waals surface area contributed by atoms with E-state index in [1.165, 1.54) is 0 Å². The zero-order valence-corrected chi connectivity index (χ0v) is 15.4. The van der Waals surface area contributed by atoms with Gasteiger partial charge in [0.25, 0.3) is 5.79 Å². The maximum Gasteiger partial charge on any atom is 0.316 e. The predicted octanol–water partition coefficient (Wildman–Crippen LogP) is 4.71. The van der Waals surface area contributed by atoms with Gasteiger partial charge in [-0.05, 0) is 42.9 Å². The summed E-state index contributed by atoms with van der Waals surface area (Å²) in [6, 6.07) is 14.2. The van der Waals surface area contributed by atoms with Crippen molar-refractivity contribution in [3.8, 4) is 22.6 Å². The zero-order valence-electron chi connectivity index (χ0n) is 14.5. The summed E-state index contributed by atoms with van der Waals surface area (Å²) in [6.07, 6.45) is 5.36. The molecule has 1 unspecified atom stereocenters. The van der Waals surface area contributed by atoms with Crippen molar-refractivity contribution in [2.75, 3.05) is 0 Å². The second-order valence-corrected chi connectivity index (χ2v) is 7.67. The normalized spacial score (nSPS) is 18.2. The number of carbonyl (C=O) groups is 1. The molecule has 1 spiro atoms. The molecule has 1 saturated carbocycles. The van der Waals surface area contributed by atoms with E-state index in [-0.39, 0.29) is 0 Å². The number of carboxylic acids is 1. The summed E-state index contributed by atoms with van der Waals surface area (Å²) < 4.78 is 12.4. The third kappa shape index (κ3) is 3.28. The van der Waals surface area contributed by atoms with Gasteiger partial charge in [-0.2, -0.15) is 12.6 Å². The number of carboxylic acid groups (broad SMARTS) is 1. The van der Waals surface area contributed by atoms with Crippen LogP contribution in [0.1, 0.15) is 37.7 Å². The summed E-state index contributed by atoms with van der Waals surface area (Å²) >= 11 is 4.09. The summed E-state index contributed by atoms with van der Waals surface area (Å²) in [4.78, 5) is 10.9. The molecule has 26 heavy (non-hydrogen) atoms. The highest BCUT2D eigenvalue weighted by atomic mass is 32.1. The minimum absolute atomic E-state index is 0.462. The molecule has 1 aliphatic carbocycles. The Morgan fingerprint density at radius 2 is 1.85 bits per heavy atom. The lowest BCUT2D eigenvalue weighted by atomic mass is 10.0. The van der Waals surface area contributed by atoms with Crippen molar-refractivity contribution < 1.29 is 19.4 Å². The minimum Gasteiger partial charge on any atom is -0.480 e. The van der Waals surface area contributed by atoms with Crippen LogP contribution in [0.4, 0.5) is 0 Å². The molecular weight excluding hydrogens is 348 g/mol. The molecule has 0 aromatic heterocycles.